The summed E-state index contributed by atoms with van der Waals surface area (Å²) >= 11 is 7.22. The van der Waals surface area contributed by atoms with Gasteiger partial charge in [0, 0.05) is 22.5 Å². The van der Waals surface area contributed by atoms with E-state index in [1.807, 2.05) is 26.0 Å². The summed E-state index contributed by atoms with van der Waals surface area (Å²) in [7, 11) is 0. The first-order chi connectivity index (χ1) is 9.40. The molecule has 0 fully saturated rings. The molecule has 1 aromatic carbocycles. The molecule has 110 valence electrons. The maximum absolute atomic E-state index is 12.1. The maximum atomic E-state index is 12.1. The maximum Gasteiger partial charge on any atom is 0.305 e. The summed E-state index contributed by atoms with van der Waals surface area (Å²) in [6.45, 7) is 4.01. The van der Waals surface area contributed by atoms with E-state index >= 15 is 0 Å². The van der Waals surface area contributed by atoms with Gasteiger partial charge in [-0.15, -0.1) is 11.8 Å². The molecule has 0 aliphatic rings. The third kappa shape index (κ3) is 5.84. The third-order valence-electron chi connectivity index (χ3n) is 2.69. The highest BCUT2D eigenvalue weighted by atomic mass is 35.5. The van der Waals surface area contributed by atoms with Crippen molar-refractivity contribution < 1.29 is 14.7 Å². The van der Waals surface area contributed by atoms with Crippen LogP contribution in [0.15, 0.2) is 29.2 Å². The Balaban J connectivity index is 2.53. The summed E-state index contributed by atoms with van der Waals surface area (Å²) in [6.07, 6.45) is -0.0322. The van der Waals surface area contributed by atoms with Crippen molar-refractivity contribution in [1.82, 2.24) is 4.90 Å². The van der Waals surface area contributed by atoms with Crippen LogP contribution in [0.25, 0.3) is 0 Å². The molecule has 0 aromatic heterocycles. The summed E-state index contributed by atoms with van der Waals surface area (Å²) in [4.78, 5) is 25.3. The Morgan fingerprint density at radius 2 is 1.90 bits per heavy atom. The van der Waals surface area contributed by atoms with E-state index in [1.54, 1.807) is 17.0 Å². The number of benzene rings is 1. The second-order valence-corrected chi connectivity index (χ2v) is 6.05. The lowest BCUT2D eigenvalue weighted by Gasteiger charge is -2.26. The molecule has 0 atom stereocenters. The first-order valence-corrected chi connectivity index (χ1v) is 7.66. The number of rotatable bonds is 7. The number of carbonyl (C=O) groups is 2. The number of aliphatic carboxylic acids is 1. The number of thioether (sulfide) groups is 1. The predicted molar refractivity (Wildman–Crippen MR) is 81.3 cm³/mol. The fraction of sp³-hybridized carbons (Fsp3) is 0.429. The zero-order valence-electron chi connectivity index (χ0n) is 11.5. The standard InChI is InChI=1S/C14H18ClNO3S/c1-10(2)16(8-7-14(18)19)13(17)9-20-12-5-3-11(15)4-6-12/h3-6,10H,7-9H2,1-2H3,(H,18,19). The monoisotopic (exact) mass is 315 g/mol. The van der Waals surface area contributed by atoms with Gasteiger partial charge >= 0.3 is 5.97 Å². The Morgan fingerprint density at radius 3 is 2.40 bits per heavy atom. The number of carbonyl (C=O) groups excluding carboxylic acids is 1. The number of halogens is 1. The van der Waals surface area contributed by atoms with Crippen LogP contribution in [0.4, 0.5) is 0 Å². The molecule has 0 unspecified atom stereocenters. The van der Waals surface area contributed by atoms with Crippen LogP contribution in [-0.4, -0.2) is 40.2 Å². The van der Waals surface area contributed by atoms with Gasteiger partial charge in [0.2, 0.25) is 5.91 Å². The minimum Gasteiger partial charge on any atom is -0.481 e. The summed E-state index contributed by atoms with van der Waals surface area (Å²) in [5.41, 5.74) is 0. The van der Waals surface area contributed by atoms with Crippen LogP contribution in [0.3, 0.4) is 0 Å². The summed E-state index contributed by atoms with van der Waals surface area (Å²) in [5, 5.41) is 9.36. The van der Waals surface area contributed by atoms with E-state index in [0.717, 1.165) is 4.90 Å². The van der Waals surface area contributed by atoms with Crippen molar-refractivity contribution >= 4 is 35.2 Å². The Hall–Kier alpha value is -1.20. The first kappa shape index (κ1) is 16.9. The van der Waals surface area contributed by atoms with Gasteiger partial charge in [0.25, 0.3) is 0 Å². The van der Waals surface area contributed by atoms with Crippen molar-refractivity contribution in [2.45, 2.75) is 31.2 Å². The number of hydrogen-bond donors (Lipinski definition) is 1. The van der Waals surface area contributed by atoms with Gasteiger partial charge in [-0.25, -0.2) is 0 Å². The molecule has 20 heavy (non-hydrogen) atoms. The molecule has 0 saturated heterocycles. The van der Waals surface area contributed by atoms with E-state index in [2.05, 4.69) is 0 Å². The normalized spacial score (nSPS) is 10.6. The Kier molecular flexibility index (Phi) is 6.88. The zero-order chi connectivity index (χ0) is 15.1. The molecule has 0 heterocycles. The van der Waals surface area contributed by atoms with Crippen LogP contribution in [0.5, 0.6) is 0 Å². The van der Waals surface area contributed by atoms with E-state index in [9.17, 15) is 9.59 Å². The van der Waals surface area contributed by atoms with Gasteiger partial charge in [-0.2, -0.15) is 0 Å². The van der Waals surface area contributed by atoms with Crippen molar-refractivity contribution in [2.75, 3.05) is 12.3 Å². The minimum absolute atomic E-state index is 0.00679. The number of amides is 1. The third-order valence-corrected chi connectivity index (χ3v) is 3.93. The highest BCUT2D eigenvalue weighted by Crippen LogP contribution is 2.21. The topological polar surface area (TPSA) is 57.6 Å². The van der Waals surface area contributed by atoms with Crippen LogP contribution in [-0.2, 0) is 9.59 Å². The molecule has 1 N–H and O–H groups in total. The van der Waals surface area contributed by atoms with E-state index in [-0.39, 0.29) is 24.9 Å². The van der Waals surface area contributed by atoms with Gasteiger partial charge in [-0.1, -0.05) is 11.6 Å². The minimum atomic E-state index is -0.895. The number of nitrogens with zero attached hydrogens (tertiary/aromatic N) is 1. The molecule has 1 amide bonds. The van der Waals surface area contributed by atoms with Crippen molar-refractivity contribution in [1.29, 1.82) is 0 Å². The lowest BCUT2D eigenvalue weighted by Crippen LogP contribution is -2.39. The van der Waals surface area contributed by atoms with Crippen LogP contribution in [0.1, 0.15) is 20.3 Å². The van der Waals surface area contributed by atoms with E-state index < -0.39 is 5.97 Å². The molecule has 6 heteroatoms. The lowest BCUT2D eigenvalue weighted by molar-refractivity contribution is -0.138. The Morgan fingerprint density at radius 1 is 1.30 bits per heavy atom. The average Bonchev–Trinajstić information content (AvgIpc) is 2.37. The predicted octanol–water partition coefficient (Wildman–Crippen LogP) is 3.14. The second-order valence-electron chi connectivity index (χ2n) is 4.57. The van der Waals surface area contributed by atoms with Crippen molar-refractivity contribution in [3.05, 3.63) is 29.3 Å². The average molecular weight is 316 g/mol. The van der Waals surface area contributed by atoms with E-state index in [1.165, 1.54) is 11.8 Å². The fourth-order valence-corrected chi connectivity index (χ4v) is 2.56. The van der Waals surface area contributed by atoms with Crippen molar-refractivity contribution in [3.63, 3.8) is 0 Å². The molecule has 0 aliphatic carbocycles. The molecule has 1 rings (SSSR count). The summed E-state index contributed by atoms with van der Waals surface area (Å²) in [6, 6.07) is 7.26. The van der Waals surface area contributed by atoms with Gasteiger partial charge in [-0.05, 0) is 38.1 Å². The highest BCUT2D eigenvalue weighted by Gasteiger charge is 2.17. The number of hydrogen-bond acceptors (Lipinski definition) is 3. The van der Waals surface area contributed by atoms with Gasteiger partial charge in [-0.3, -0.25) is 9.59 Å². The molecule has 0 radical (unpaired) electrons. The van der Waals surface area contributed by atoms with Crippen LogP contribution >= 0.6 is 23.4 Å². The van der Waals surface area contributed by atoms with Gasteiger partial charge < -0.3 is 10.0 Å². The second kappa shape index (κ2) is 8.17. The first-order valence-electron chi connectivity index (χ1n) is 6.29. The molecule has 0 saturated carbocycles. The zero-order valence-corrected chi connectivity index (χ0v) is 13.1. The molecule has 1 aromatic rings. The molecule has 0 spiro atoms. The fourth-order valence-electron chi connectivity index (χ4n) is 1.65. The van der Waals surface area contributed by atoms with Gasteiger partial charge in [0.1, 0.15) is 0 Å². The van der Waals surface area contributed by atoms with E-state index in [4.69, 9.17) is 16.7 Å². The van der Waals surface area contributed by atoms with Crippen LogP contribution in [0, 0.1) is 0 Å². The molecular formula is C14H18ClNO3S. The number of carboxylic acids is 1. The molecule has 0 bridgehead atoms. The Bertz CT molecular complexity index is 462. The lowest BCUT2D eigenvalue weighted by atomic mass is 10.3. The summed E-state index contributed by atoms with van der Waals surface area (Å²) < 4.78 is 0. The summed E-state index contributed by atoms with van der Waals surface area (Å²) in [5.74, 6) is -0.658. The van der Waals surface area contributed by atoms with E-state index in [0.29, 0.717) is 10.8 Å². The SMILES string of the molecule is CC(C)N(CCC(=O)O)C(=O)CSc1ccc(Cl)cc1. The quantitative estimate of drug-likeness (QED) is 0.785. The van der Waals surface area contributed by atoms with Crippen molar-refractivity contribution in [2.24, 2.45) is 0 Å². The highest BCUT2D eigenvalue weighted by molar-refractivity contribution is 8.00. The smallest absolute Gasteiger partial charge is 0.305 e. The van der Waals surface area contributed by atoms with Gasteiger partial charge in [0.15, 0.2) is 0 Å². The molecule has 4 nitrogen and oxygen atoms in total. The largest absolute Gasteiger partial charge is 0.481 e. The Labute approximate surface area is 128 Å². The van der Waals surface area contributed by atoms with Crippen molar-refractivity contribution in [3.8, 4) is 0 Å². The van der Waals surface area contributed by atoms with Crippen LogP contribution in [0.2, 0.25) is 5.02 Å². The molecular weight excluding hydrogens is 298 g/mol. The molecule has 0 aliphatic heterocycles. The number of carboxylic acid groups (broad SMARTS) is 1. The van der Waals surface area contributed by atoms with Gasteiger partial charge in [0.05, 0.1) is 12.2 Å². The van der Waals surface area contributed by atoms with Crippen LogP contribution < -0.4 is 0 Å².